The highest BCUT2D eigenvalue weighted by Gasteiger charge is 2.24. The largest absolute Gasteiger partial charge is 0.390 e. The van der Waals surface area contributed by atoms with E-state index in [0.717, 1.165) is 5.65 Å². The Bertz CT molecular complexity index is 473. The average molecular weight is 189 g/mol. The molecule has 14 heavy (non-hydrogen) atoms. The van der Waals surface area contributed by atoms with Gasteiger partial charge in [0.25, 0.3) is 0 Å². The number of aromatic nitrogens is 3. The van der Waals surface area contributed by atoms with Crippen molar-refractivity contribution in [2.45, 2.75) is 25.4 Å². The molecular formula is C10H11N3O. The van der Waals surface area contributed by atoms with Crippen LogP contribution in [0.15, 0.2) is 18.5 Å². The maximum atomic E-state index is 8.93. The van der Waals surface area contributed by atoms with Crippen molar-refractivity contribution in [3.05, 3.63) is 29.7 Å². The third-order valence-corrected chi connectivity index (χ3v) is 2.59. The number of fused-ring (bicyclic) bond motifs is 1. The van der Waals surface area contributed by atoms with Gasteiger partial charge in [0.05, 0.1) is 12.3 Å². The van der Waals surface area contributed by atoms with Crippen molar-refractivity contribution >= 4 is 5.65 Å². The van der Waals surface area contributed by atoms with Crippen LogP contribution in [0.3, 0.4) is 0 Å². The van der Waals surface area contributed by atoms with Gasteiger partial charge in [-0.25, -0.2) is 9.50 Å². The molecule has 4 heteroatoms. The summed E-state index contributed by atoms with van der Waals surface area (Å²) in [7, 11) is 0. The molecule has 1 saturated carbocycles. The first-order chi connectivity index (χ1) is 6.86. The summed E-state index contributed by atoms with van der Waals surface area (Å²) in [5, 5.41) is 13.1. The summed E-state index contributed by atoms with van der Waals surface area (Å²) < 4.78 is 1.75. The fourth-order valence-corrected chi connectivity index (χ4v) is 1.65. The Morgan fingerprint density at radius 3 is 3.07 bits per heavy atom. The summed E-state index contributed by atoms with van der Waals surface area (Å²) in [6.07, 6.45) is 6.46. The van der Waals surface area contributed by atoms with E-state index in [1.807, 2.05) is 12.4 Å². The van der Waals surface area contributed by atoms with Crippen molar-refractivity contribution in [2.24, 2.45) is 0 Å². The normalized spacial score (nSPS) is 16.4. The summed E-state index contributed by atoms with van der Waals surface area (Å²) >= 11 is 0. The molecule has 2 aromatic rings. The van der Waals surface area contributed by atoms with E-state index in [0.29, 0.717) is 11.6 Å². The van der Waals surface area contributed by atoms with Crippen LogP contribution in [0.25, 0.3) is 5.65 Å². The Labute approximate surface area is 81.2 Å². The van der Waals surface area contributed by atoms with Crippen molar-refractivity contribution in [1.82, 2.24) is 14.6 Å². The highest BCUT2D eigenvalue weighted by Crippen LogP contribution is 2.39. The minimum atomic E-state index is -0.0257. The zero-order valence-electron chi connectivity index (χ0n) is 7.72. The van der Waals surface area contributed by atoms with Gasteiger partial charge in [-0.2, -0.15) is 5.10 Å². The highest BCUT2D eigenvalue weighted by molar-refractivity contribution is 5.40. The van der Waals surface area contributed by atoms with E-state index in [4.69, 9.17) is 5.11 Å². The fraction of sp³-hybridized carbons (Fsp3) is 0.400. The predicted octanol–water partition coefficient (Wildman–Crippen LogP) is 1.10. The third kappa shape index (κ3) is 1.19. The quantitative estimate of drug-likeness (QED) is 0.769. The SMILES string of the molecule is OCc1cc2ncc(C3CC3)cn2n1. The molecule has 0 saturated heterocycles. The van der Waals surface area contributed by atoms with Crippen molar-refractivity contribution in [3.63, 3.8) is 0 Å². The van der Waals surface area contributed by atoms with Crippen molar-refractivity contribution in [2.75, 3.05) is 0 Å². The summed E-state index contributed by atoms with van der Waals surface area (Å²) in [6, 6.07) is 1.80. The first-order valence-corrected chi connectivity index (χ1v) is 4.82. The molecule has 0 atom stereocenters. The Hall–Kier alpha value is -1.42. The van der Waals surface area contributed by atoms with Gasteiger partial charge in [0.2, 0.25) is 0 Å². The lowest BCUT2D eigenvalue weighted by molar-refractivity contribution is 0.276. The maximum absolute atomic E-state index is 8.93. The standard InChI is InChI=1S/C10H11N3O/c14-6-9-3-10-11-4-8(7-1-2-7)5-13(10)12-9/h3-5,7,14H,1-2,6H2. The van der Waals surface area contributed by atoms with Gasteiger partial charge >= 0.3 is 0 Å². The molecule has 1 N–H and O–H groups in total. The molecule has 0 amide bonds. The van der Waals surface area contributed by atoms with E-state index < -0.39 is 0 Å². The second kappa shape index (κ2) is 2.78. The molecule has 0 spiro atoms. The van der Waals surface area contributed by atoms with Crippen LogP contribution in [0, 0.1) is 0 Å². The topological polar surface area (TPSA) is 50.4 Å². The van der Waals surface area contributed by atoms with Crippen LogP contribution in [0.4, 0.5) is 0 Å². The van der Waals surface area contributed by atoms with Crippen molar-refractivity contribution in [3.8, 4) is 0 Å². The lowest BCUT2D eigenvalue weighted by Gasteiger charge is -1.97. The van der Waals surface area contributed by atoms with Crippen LogP contribution < -0.4 is 0 Å². The molecule has 0 bridgehead atoms. The number of rotatable bonds is 2. The lowest BCUT2D eigenvalue weighted by Crippen LogP contribution is -1.93. The number of aliphatic hydroxyl groups excluding tert-OH is 1. The molecule has 0 unspecified atom stereocenters. The lowest BCUT2D eigenvalue weighted by atomic mass is 10.2. The minimum absolute atomic E-state index is 0.0257. The number of nitrogens with zero attached hydrogens (tertiary/aromatic N) is 3. The molecule has 4 nitrogen and oxygen atoms in total. The van der Waals surface area contributed by atoms with Gasteiger partial charge in [-0.05, 0) is 24.3 Å². The molecule has 2 aromatic heterocycles. The Balaban J connectivity index is 2.12. The monoisotopic (exact) mass is 189 g/mol. The molecule has 0 aromatic carbocycles. The van der Waals surface area contributed by atoms with Crippen LogP contribution in [0.2, 0.25) is 0 Å². The van der Waals surface area contributed by atoms with E-state index in [1.165, 1.54) is 18.4 Å². The van der Waals surface area contributed by atoms with Gasteiger partial charge in [0.1, 0.15) is 0 Å². The zero-order valence-corrected chi connectivity index (χ0v) is 7.72. The third-order valence-electron chi connectivity index (χ3n) is 2.59. The highest BCUT2D eigenvalue weighted by atomic mass is 16.3. The van der Waals surface area contributed by atoms with Crippen LogP contribution in [0.5, 0.6) is 0 Å². The Kier molecular flexibility index (Phi) is 1.58. The van der Waals surface area contributed by atoms with E-state index in [1.54, 1.807) is 10.6 Å². The second-order valence-corrected chi connectivity index (χ2v) is 3.76. The molecule has 1 fully saturated rings. The van der Waals surface area contributed by atoms with Crippen LogP contribution in [0.1, 0.15) is 30.0 Å². The number of hydrogen-bond acceptors (Lipinski definition) is 3. The summed E-state index contributed by atoms with van der Waals surface area (Å²) in [4.78, 5) is 4.30. The van der Waals surface area contributed by atoms with E-state index in [9.17, 15) is 0 Å². The van der Waals surface area contributed by atoms with E-state index >= 15 is 0 Å². The second-order valence-electron chi connectivity index (χ2n) is 3.76. The molecule has 1 aliphatic rings. The van der Waals surface area contributed by atoms with E-state index in [2.05, 4.69) is 10.1 Å². The van der Waals surface area contributed by atoms with E-state index in [-0.39, 0.29) is 6.61 Å². The molecule has 1 aliphatic carbocycles. The van der Waals surface area contributed by atoms with Gasteiger partial charge in [0, 0.05) is 18.5 Å². The summed E-state index contributed by atoms with van der Waals surface area (Å²) in [6.45, 7) is -0.0257. The summed E-state index contributed by atoms with van der Waals surface area (Å²) in [5.74, 6) is 0.689. The number of aliphatic hydroxyl groups is 1. The molecule has 0 radical (unpaired) electrons. The van der Waals surface area contributed by atoms with Crippen molar-refractivity contribution in [1.29, 1.82) is 0 Å². The Morgan fingerprint density at radius 2 is 2.36 bits per heavy atom. The molecular weight excluding hydrogens is 178 g/mol. The smallest absolute Gasteiger partial charge is 0.155 e. The number of hydrogen-bond donors (Lipinski definition) is 1. The van der Waals surface area contributed by atoms with Gasteiger partial charge in [0.15, 0.2) is 5.65 Å². The summed E-state index contributed by atoms with van der Waals surface area (Å²) in [5.41, 5.74) is 2.73. The predicted molar refractivity (Wildman–Crippen MR) is 50.9 cm³/mol. The van der Waals surface area contributed by atoms with Crippen LogP contribution in [-0.2, 0) is 6.61 Å². The van der Waals surface area contributed by atoms with Crippen LogP contribution >= 0.6 is 0 Å². The maximum Gasteiger partial charge on any atom is 0.155 e. The first kappa shape index (κ1) is 7.94. The average Bonchev–Trinajstić information content (AvgIpc) is 2.97. The fourth-order valence-electron chi connectivity index (χ4n) is 1.65. The van der Waals surface area contributed by atoms with Crippen molar-refractivity contribution < 1.29 is 5.11 Å². The molecule has 0 aliphatic heterocycles. The van der Waals surface area contributed by atoms with Gasteiger partial charge < -0.3 is 5.11 Å². The molecule has 3 rings (SSSR count). The molecule has 2 heterocycles. The van der Waals surface area contributed by atoms with Gasteiger partial charge in [-0.3, -0.25) is 0 Å². The van der Waals surface area contributed by atoms with Crippen LogP contribution in [-0.4, -0.2) is 19.7 Å². The first-order valence-electron chi connectivity index (χ1n) is 4.82. The molecule has 72 valence electrons. The minimum Gasteiger partial charge on any atom is -0.390 e. The Morgan fingerprint density at radius 1 is 1.50 bits per heavy atom. The van der Waals surface area contributed by atoms with Gasteiger partial charge in [-0.1, -0.05) is 0 Å². The van der Waals surface area contributed by atoms with Gasteiger partial charge in [-0.15, -0.1) is 0 Å². The zero-order chi connectivity index (χ0) is 9.54.